The zero-order chi connectivity index (χ0) is 13.1. The van der Waals surface area contributed by atoms with Crippen molar-refractivity contribution >= 4 is 17.5 Å². The molecule has 0 spiro atoms. The van der Waals surface area contributed by atoms with Gasteiger partial charge in [-0.05, 0) is 18.2 Å². The van der Waals surface area contributed by atoms with E-state index in [1.807, 2.05) is 0 Å². The molecule has 1 aromatic heterocycles. The number of aryl methyl sites for hydroxylation is 1. The minimum absolute atomic E-state index is 0.117. The molecule has 0 fully saturated rings. The molecular weight excluding hydrogens is 256 g/mol. The number of carbonyl (C=O) groups is 1. The van der Waals surface area contributed by atoms with E-state index >= 15 is 0 Å². The number of phenolic OH excluding ortho intramolecular Hbond substituents is 2. The summed E-state index contributed by atoms with van der Waals surface area (Å²) in [6.07, 6.45) is 0. The summed E-state index contributed by atoms with van der Waals surface area (Å²) in [7, 11) is 0. The summed E-state index contributed by atoms with van der Waals surface area (Å²) in [5, 5.41) is 26.1. The van der Waals surface area contributed by atoms with Gasteiger partial charge in [0.05, 0.1) is 5.75 Å². The number of ketones is 1. The molecule has 1 heterocycles. The Labute approximate surface area is 107 Å². The average Bonchev–Trinajstić information content (AvgIpc) is 2.75. The van der Waals surface area contributed by atoms with Crippen LogP contribution in [0.1, 0.15) is 16.2 Å². The summed E-state index contributed by atoms with van der Waals surface area (Å²) < 4.78 is 5.11. The Kier molecular flexibility index (Phi) is 3.52. The first-order chi connectivity index (χ1) is 8.56. The summed E-state index contributed by atoms with van der Waals surface area (Å²) in [5.41, 5.74) is 0.314. The highest BCUT2D eigenvalue weighted by molar-refractivity contribution is 7.99. The van der Waals surface area contributed by atoms with Crippen molar-refractivity contribution in [1.82, 2.24) is 10.2 Å². The van der Waals surface area contributed by atoms with E-state index in [9.17, 15) is 9.90 Å². The topological polar surface area (TPSA) is 96.5 Å². The third-order valence-electron chi connectivity index (χ3n) is 2.13. The zero-order valence-electron chi connectivity index (χ0n) is 9.45. The lowest BCUT2D eigenvalue weighted by Crippen LogP contribution is -2.01. The van der Waals surface area contributed by atoms with Crippen molar-refractivity contribution in [3.63, 3.8) is 0 Å². The van der Waals surface area contributed by atoms with Crippen molar-refractivity contribution in [2.24, 2.45) is 0 Å². The van der Waals surface area contributed by atoms with Gasteiger partial charge in [-0.15, -0.1) is 10.2 Å². The van der Waals surface area contributed by atoms with Gasteiger partial charge < -0.3 is 14.6 Å². The van der Waals surface area contributed by atoms with Crippen LogP contribution in [-0.4, -0.2) is 31.9 Å². The smallest absolute Gasteiger partial charge is 0.277 e. The highest BCUT2D eigenvalue weighted by Crippen LogP contribution is 2.26. The Morgan fingerprint density at radius 1 is 1.33 bits per heavy atom. The standard InChI is InChI=1S/C11H10N2O4S/c1-6-12-13-11(17-6)18-5-10(16)7-2-3-8(14)9(15)4-7/h2-4,14-15H,5H2,1H3. The predicted octanol–water partition coefficient (Wildman–Crippen LogP) is 1.76. The Morgan fingerprint density at radius 3 is 2.72 bits per heavy atom. The Bertz CT molecular complexity index is 582. The van der Waals surface area contributed by atoms with Crippen LogP contribution in [0.25, 0.3) is 0 Å². The van der Waals surface area contributed by atoms with E-state index in [1.54, 1.807) is 6.92 Å². The van der Waals surface area contributed by atoms with Crippen molar-refractivity contribution in [3.05, 3.63) is 29.7 Å². The van der Waals surface area contributed by atoms with Gasteiger partial charge in [-0.25, -0.2) is 0 Å². The molecule has 0 aliphatic rings. The van der Waals surface area contributed by atoms with E-state index in [1.165, 1.54) is 18.2 Å². The van der Waals surface area contributed by atoms with Gasteiger partial charge in [0.15, 0.2) is 17.3 Å². The number of hydrogen-bond acceptors (Lipinski definition) is 7. The van der Waals surface area contributed by atoms with Crippen LogP contribution in [0.4, 0.5) is 0 Å². The normalized spacial score (nSPS) is 10.5. The third-order valence-corrected chi connectivity index (χ3v) is 2.95. The second kappa shape index (κ2) is 5.09. The van der Waals surface area contributed by atoms with E-state index in [-0.39, 0.29) is 23.0 Å². The fourth-order valence-electron chi connectivity index (χ4n) is 1.24. The molecule has 7 heteroatoms. The molecule has 2 rings (SSSR count). The van der Waals surface area contributed by atoms with Gasteiger partial charge in [0, 0.05) is 12.5 Å². The van der Waals surface area contributed by atoms with Gasteiger partial charge in [0.25, 0.3) is 5.22 Å². The van der Waals surface area contributed by atoms with Gasteiger partial charge in [0.1, 0.15) is 0 Å². The number of phenols is 2. The fraction of sp³-hybridized carbons (Fsp3) is 0.182. The molecular formula is C11H10N2O4S. The molecule has 0 saturated carbocycles. The van der Waals surface area contributed by atoms with Crippen molar-refractivity contribution in [1.29, 1.82) is 0 Å². The number of benzene rings is 1. The number of carbonyl (C=O) groups excluding carboxylic acids is 1. The molecule has 2 N–H and O–H groups in total. The lowest BCUT2D eigenvalue weighted by molar-refractivity contribution is 0.102. The van der Waals surface area contributed by atoms with E-state index < -0.39 is 0 Å². The van der Waals surface area contributed by atoms with Crippen LogP contribution >= 0.6 is 11.8 Å². The first kappa shape index (κ1) is 12.4. The summed E-state index contributed by atoms with van der Waals surface area (Å²) >= 11 is 1.12. The lowest BCUT2D eigenvalue weighted by Gasteiger charge is -2.01. The van der Waals surface area contributed by atoms with Crippen LogP contribution in [-0.2, 0) is 0 Å². The monoisotopic (exact) mass is 266 g/mol. The minimum Gasteiger partial charge on any atom is -0.504 e. The average molecular weight is 266 g/mol. The lowest BCUT2D eigenvalue weighted by atomic mass is 10.1. The number of hydrogen-bond donors (Lipinski definition) is 2. The summed E-state index contributed by atoms with van der Waals surface area (Å²) in [5.74, 6) is -0.226. The molecule has 0 aliphatic carbocycles. The molecule has 2 aromatic rings. The number of aromatic hydroxyl groups is 2. The van der Waals surface area contributed by atoms with E-state index in [2.05, 4.69) is 10.2 Å². The van der Waals surface area contributed by atoms with Crippen LogP contribution in [0, 0.1) is 6.92 Å². The molecule has 0 bridgehead atoms. The van der Waals surface area contributed by atoms with Gasteiger partial charge in [-0.1, -0.05) is 11.8 Å². The maximum atomic E-state index is 11.8. The van der Waals surface area contributed by atoms with Crippen LogP contribution in [0.5, 0.6) is 11.5 Å². The largest absolute Gasteiger partial charge is 0.504 e. The van der Waals surface area contributed by atoms with Gasteiger partial charge in [0.2, 0.25) is 5.89 Å². The first-order valence-electron chi connectivity index (χ1n) is 5.04. The van der Waals surface area contributed by atoms with Crippen molar-refractivity contribution < 1.29 is 19.4 Å². The van der Waals surface area contributed by atoms with E-state index in [4.69, 9.17) is 9.52 Å². The predicted molar refractivity (Wildman–Crippen MR) is 63.9 cm³/mol. The van der Waals surface area contributed by atoms with Crippen LogP contribution in [0.2, 0.25) is 0 Å². The second-order valence-electron chi connectivity index (χ2n) is 3.50. The number of rotatable bonds is 4. The van der Waals surface area contributed by atoms with Crippen LogP contribution in [0.15, 0.2) is 27.8 Å². The molecule has 0 unspecified atom stereocenters. The highest BCUT2D eigenvalue weighted by Gasteiger charge is 2.11. The third kappa shape index (κ3) is 2.80. The number of nitrogens with zero attached hydrogens (tertiary/aromatic N) is 2. The van der Waals surface area contributed by atoms with Crippen molar-refractivity contribution in [2.45, 2.75) is 12.1 Å². The molecule has 0 amide bonds. The van der Waals surface area contributed by atoms with Gasteiger partial charge in [-0.3, -0.25) is 4.79 Å². The fourth-order valence-corrected chi connectivity index (χ4v) is 1.94. The Morgan fingerprint density at radius 2 is 2.11 bits per heavy atom. The highest BCUT2D eigenvalue weighted by atomic mass is 32.2. The number of thioether (sulfide) groups is 1. The number of Topliss-reactive ketones (excluding diaryl/α,β-unsaturated/α-hetero) is 1. The second-order valence-corrected chi connectivity index (χ2v) is 4.43. The molecule has 0 saturated heterocycles. The van der Waals surface area contributed by atoms with Gasteiger partial charge in [-0.2, -0.15) is 0 Å². The summed E-state index contributed by atoms with van der Waals surface area (Å²) in [6, 6.07) is 3.93. The Hall–Kier alpha value is -2.02. The minimum atomic E-state index is -0.320. The molecule has 1 aromatic carbocycles. The summed E-state index contributed by atoms with van der Waals surface area (Å²) in [6.45, 7) is 1.66. The van der Waals surface area contributed by atoms with Crippen LogP contribution in [0.3, 0.4) is 0 Å². The molecule has 6 nitrogen and oxygen atoms in total. The molecule has 0 atom stereocenters. The van der Waals surface area contributed by atoms with E-state index in [0.717, 1.165) is 11.8 Å². The van der Waals surface area contributed by atoms with Gasteiger partial charge >= 0.3 is 0 Å². The maximum absolute atomic E-state index is 11.8. The quantitative estimate of drug-likeness (QED) is 0.494. The molecule has 0 aliphatic heterocycles. The molecule has 18 heavy (non-hydrogen) atoms. The number of aromatic nitrogens is 2. The van der Waals surface area contributed by atoms with Crippen molar-refractivity contribution in [2.75, 3.05) is 5.75 Å². The van der Waals surface area contributed by atoms with Crippen molar-refractivity contribution in [3.8, 4) is 11.5 Å². The summed E-state index contributed by atoms with van der Waals surface area (Å²) in [4.78, 5) is 11.8. The SMILES string of the molecule is Cc1nnc(SCC(=O)c2ccc(O)c(O)c2)o1. The van der Waals surface area contributed by atoms with Crippen LogP contribution < -0.4 is 0 Å². The van der Waals surface area contributed by atoms with E-state index in [0.29, 0.717) is 16.7 Å². The molecule has 0 radical (unpaired) electrons. The zero-order valence-corrected chi connectivity index (χ0v) is 10.3. The first-order valence-corrected chi connectivity index (χ1v) is 6.03. The Balaban J connectivity index is 2.01. The molecule has 94 valence electrons. The maximum Gasteiger partial charge on any atom is 0.277 e.